The molecule has 0 aliphatic heterocycles. The molecule has 138 valence electrons. The summed E-state index contributed by atoms with van der Waals surface area (Å²) in [5, 5.41) is 10.1. The lowest BCUT2D eigenvalue weighted by Gasteiger charge is -2.08. The van der Waals surface area contributed by atoms with E-state index in [1.807, 2.05) is 48.5 Å². The van der Waals surface area contributed by atoms with Crippen molar-refractivity contribution in [3.05, 3.63) is 59.9 Å². The zero-order chi connectivity index (χ0) is 18.6. The van der Waals surface area contributed by atoms with Crippen LogP contribution in [0.1, 0.15) is 37.1 Å². The lowest BCUT2D eigenvalue weighted by Crippen LogP contribution is -2.20. The van der Waals surface area contributed by atoms with E-state index >= 15 is 0 Å². The van der Waals surface area contributed by atoms with Crippen molar-refractivity contribution in [3.63, 3.8) is 0 Å². The minimum atomic E-state index is -0.208. The number of nitrogens with zero attached hydrogens (tertiary/aromatic N) is 2. The molecule has 3 aromatic rings. The SMILES string of the molecule is CCc1ccc(OCC(=O)Nc2cccc(-c3n[nH]c(C4CC4)n3)c2)cc1. The van der Waals surface area contributed by atoms with Crippen LogP contribution in [0.15, 0.2) is 48.5 Å². The number of amides is 1. The molecule has 0 atom stereocenters. The van der Waals surface area contributed by atoms with Crippen LogP contribution in [-0.2, 0) is 11.2 Å². The molecule has 0 saturated heterocycles. The number of carbonyl (C=O) groups is 1. The number of rotatable bonds is 7. The van der Waals surface area contributed by atoms with Crippen LogP contribution < -0.4 is 10.1 Å². The molecule has 1 aliphatic carbocycles. The van der Waals surface area contributed by atoms with Crippen LogP contribution in [0.4, 0.5) is 5.69 Å². The third-order valence-electron chi connectivity index (χ3n) is 4.57. The summed E-state index contributed by atoms with van der Waals surface area (Å²) in [6.07, 6.45) is 3.32. The maximum Gasteiger partial charge on any atom is 0.262 e. The number of anilines is 1. The van der Waals surface area contributed by atoms with Crippen molar-refractivity contribution in [1.82, 2.24) is 15.2 Å². The van der Waals surface area contributed by atoms with Crippen molar-refractivity contribution >= 4 is 11.6 Å². The highest BCUT2D eigenvalue weighted by Crippen LogP contribution is 2.38. The largest absolute Gasteiger partial charge is 0.484 e. The molecule has 1 aromatic heterocycles. The van der Waals surface area contributed by atoms with E-state index in [9.17, 15) is 4.79 Å². The number of benzene rings is 2. The molecule has 1 aliphatic rings. The number of aromatic amines is 1. The minimum absolute atomic E-state index is 0.0395. The van der Waals surface area contributed by atoms with Crippen molar-refractivity contribution in [2.24, 2.45) is 0 Å². The van der Waals surface area contributed by atoms with E-state index < -0.39 is 0 Å². The second-order valence-electron chi connectivity index (χ2n) is 6.73. The Morgan fingerprint density at radius 3 is 2.78 bits per heavy atom. The summed E-state index contributed by atoms with van der Waals surface area (Å²) in [4.78, 5) is 16.7. The van der Waals surface area contributed by atoms with Gasteiger partial charge in [0, 0.05) is 17.2 Å². The second kappa shape index (κ2) is 7.61. The molecule has 0 radical (unpaired) electrons. The van der Waals surface area contributed by atoms with Gasteiger partial charge in [0.2, 0.25) is 0 Å². The fourth-order valence-corrected chi connectivity index (χ4v) is 2.85. The number of nitrogens with one attached hydrogen (secondary N) is 2. The standard InChI is InChI=1S/C21H22N4O2/c1-2-14-6-10-18(11-7-14)27-13-19(26)22-17-5-3-4-16(12-17)21-23-20(24-25-21)15-8-9-15/h3-7,10-12,15H,2,8-9,13H2,1H3,(H,22,26)(H,23,24,25). The fourth-order valence-electron chi connectivity index (χ4n) is 2.85. The summed E-state index contributed by atoms with van der Waals surface area (Å²) in [5.41, 5.74) is 2.80. The van der Waals surface area contributed by atoms with Gasteiger partial charge in [0.1, 0.15) is 11.6 Å². The Balaban J connectivity index is 1.36. The quantitative estimate of drug-likeness (QED) is 0.667. The summed E-state index contributed by atoms with van der Waals surface area (Å²) in [5.74, 6) is 2.60. The van der Waals surface area contributed by atoms with E-state index in [2.05, 4.69) is 27.4 Å². The molecule has 1 fully saturated rings. The minimum Gasteiger partial charge on any atom is -0.484 e. The van der Waals surface area contributed by atoms with Crippen molar-refractivity contribution < 1.29 is 9.53 Å². The first-order valence-corrected chi connectivity index (χ1v) is 9.25. The van der Waals surface area contributed by atoms with Gasteiger partial charge in [0.25, 0.3) is 5.91 Å². The number of hydrogen-bond acceptors (Lipinski definition) is 4. The zero-order valence-electron chi connectivity index (χ0n) is 15.2. The molecule has 6 heteroatoms. The molecule has 1 heterocycles. The summed E-state index contributed by atoms with van der Waals surface area (Å²) in [7, 11) is 0. The van der Waals surface area contributed by atoms with Crippen LogP contribution in [0.5, 0.6) is 5.75 Å². The van der Waals surface area contributed by atoms with Gasteiger partial charge in [-0.05, 0) is 49.1 Å². The van der Waals surface area contributed by atoms with Crippen molar-refractivity contribution in [2.45, 2.75) is 32.1 Å². The number of ether oxygens (including phenoxy) is 1. The highest BCUT2D eigenvalue weighted by Gasteiger charge is 2.27. The van der Waals surface area contributed by atoms with E-state index in [1.54, 1.807) is 0 Å². The van der Waals surface area contributed by atoms with Crippen molar-refractivity contribution in [2.75, 3.05) is 11.9 Å². The maximum absolute atomic E-state index is 12.2. The predicted molar refractivity (Wildman–Crippen MR) is 104 cm³/mol. The third-order valence-corrected chi connectivity index (χ3v) is 4.57. The molecular weight excluding hydrogens is 340 g/mol. The van der Waals surface area contributed by atoms with Gasteiger partial charge in [-0.25, -0.2) is 4.98 Å². The van der Waals surface area contributed by atoms with E-state index in [4.69, 9.17) is 4.74 Å². The number of aryl methyl sites for hydroxylation is 1. The van der Waals surface area contributed by atoms with Gasteiger partial charge >= 0.3 is 0 Å². The molecule has 1 amide bonds. The number of H-pyrrole nitrogens is 1. The van der Waals surface area contributed by atoms with E-state index in [0.29, 0.717) is 23.2 Å². The summed E-state index contributed by atoms with van der Waals surface area (Å²) < 4.78 is 5.55. The Kier molecular flexibility index (Phi) is 4.87. The van der Waals surface area contributed by atoms with Crippen LogP contribution in [0.2, 0.25) is 0 Å². The van der Waals surface area contributed by atoms with Gasteiger partial charge < -0.3 is 10.1 Å². The monoisotopic (exact) mass is 362 g/mol. The Morgan fingerprint density at radius 1 is 1.22 bits per heavy atom. The highest BCUT2D eigenvalue weighted by atomic mass is 16.5. The van der Waals surface area contributed by atoms with Gasteiger partial charge in [-0.2, -0.15) is 5.10 Å². The molecule has 0 unspecified atom stereocenters. The van der Waals surface area contributed by atoms with Gasteiger partial charge in [0.05, 0.1) is 0 Å². The fraction of sp³-hybridized carbons (Fsp3) is 0.286. The Morgan fingerprint density at radius 2 is 2.04 bits per heavy atom. The second-order valence-corrected chi connectivity index (χ2v) is 6.73. The Bertz CT molecular complexity index is 929. The summed E-state index contributed by atoms with van der Waals surface area (Å²) in [6.45, 7) is 2.06. The van der Waals surface area contributed by atoms with Gasteiger partial charge in [-0.3, -0.25) is 9.89 Å². The summed E-state index contributed by atoms with van der Waals surface area (Å²) in [6, 6.07) is 15.3. The molecule has 1 saturated carbocycles. The number of carbonyl (C=O) groups excluding carboxylic acids is 1. The van der Waals surface area contributed by atoms with Gasteiger partial charge in [-0.15, -0.1) is 0 Å². The lowest BCUT2D eigenvalue weighted by atomic mass is 10.2. The average molecular weight is 362 g/mol. The first-order valence-electron chi connectivity index (χ1n) is 9.25. The normalized spacial score (nSPS) is 13.4. The first-order chi connectivity index (χ1) is 13.2. The summed E-state index contributed by atoms with van der Waals surface area (Å²) >= 11 is 0. The van der Waals surface area contributed by atoms with Crippen LogP contribution in [-0.4, -0.2) is 27.7 Å². The topological polar surface area (TPSA) is 79.9 Å². The van der Waals surface area contributed by atoms with E-state index in [-0.39, 0.29) is 12.5 Å². The number of aromatic nitrogens is 3. The molecule has 2 aromatic carbocycles. The van der Waals surface area contributed by atoms with Crippen LogP contribution in [0.3, 0.4) is 0 Å². The van der Waals surface area contributed by atoms with Gasteiger partial charge in [0.15, 0.2) is 12.4 Å². The predicted octanol–water partition coefficient (Wildman–Crippen LogP) is 3.93. The third kappa shape index (κ3) is 4.34. The highest BCUT2D eigenvalue weighted by molar-refractivity contribution is 5.92. The van der Waals surface area contributed by atoms with E-state index in [1.165, 1.54) is 18.4 Å². The molecule has 0 spiro atoms. The Labute approximate surface area is 158 Å². The smallest absolute Gasteiger partial charge is 0.262 e. The van der Waals surface area contributed by atoms with Gasteiger partial charge in [-0.1, -0.05) is 31.2 Å². The van der Waals surface area contributed by atoms with E-state index in [0.717, 1.165) is 17.8 Å². The van der Waals surface area contributed by atoms with Crippen LogP contribution in [0, 0.1) is 0 Å². The molecule has 27 heavy (non-hydrogen) atoms. The first kappa shape index (κ1) is 17.3. The number of hydrogen-bond donors (Lipinski definition) is 2. The lowest BCUT2D eigenvalue weighted by molar-refractivity contribution is -0.118. The van der Waals surface area contributed by atoms with Crippen LogP contribution in [0.25, 0.3) is 11.4 Å². The average Bonchev–Trinajstić information content (AvgIpc) is 3.43. The maximum atomic E-state index is 12.2. The molecule has 2 N–H and O–H groups in total. The van der Waals surface area contributed by atoms with Crippen LogP contribution >= 0.6 is 0 Å². The molecule has 0 bridgehead atoms. The molecular formula is C21H22N4O2. The van der Waals surface area contributed by atoms with Crippen molar-refractivity contribution in [1.29, 1.82) is 0 Å². The Hall–Kier alpha value is -3.15. The zero-order valence-corrected chi connectivity index (χ0v) is 15.2. The molecule has 6 nitrogen and oxygen atoms in total. The van der Waals surface area contributed by atoms with Crippen molar-refractivity contribution in [3.8, 4) is 17.1 Å². The molecule has 4 rings (SSSR count).